The van der Waals surface area contributed by atoms with E-state index in [-0.39, 0.29) is 11.4 Å². The Morgan fingerprint density at radius 2 is 1.76 bits per heavy atom. The van der Waals surface area contributed by atoms with Gasteiger partial charge in [-0.1, -0.05) is 73.3 Å². The zero-order valence-corrected chi connectivity index (χ0v) is 22.9. The van der Waals surface area contributed by atoms with E-state index >= 15 is 0 Å². The van der Waals surface area contributed by atoms with E-state index in [4.69, 9.17) is 4.74 Å². The molecule has 2 nitrogen and oxygen atoms in total. The van der Waals surface area contributed by atoms with Gasteiger partial charge in [0.25, 0.3) is 0 Å². The van der Waals surface area contributed by atoms with Crippen molar-refractivity contribution in [3.63, 3.8) is 0 Å². The van der Waals surface area contributed by atoms with E-state index in [0.29, 0.717) is 22.2 Å². The van der Waals surface area contributed by atoms with Crippen LogP contribution in [0.15, 0.2) is 23.5 Å². The van der Waals surface area contributed by atoms with Gasteiger partial charge in [-0.25, -0.2) is 0 Å². The van der Waals surface area contributed by atoms with Crippen LogP contribution < -0.4 is 0 Å². The third-order valence-electron chi connectivity index (χ3n) is 11.9. The van der Waals surface area contributed by atoms with Crippen LogP contribution in [0.3, 0.4) is 0 Å². The van der Waals surface area contributed by atoms with Gasteiger partial charge >= 0.3 is 5.97 Å². The Morgan fingerprint density at radius 1 is 1.03 bits per heavy atom. The van der Waals surface area contributed by atoms with Crippen molar-refractivity contribution in [2.45, 2.75) is 120 Å². The lowest BCUT2D eigenvalue weighted by molar-refractivity contribution is -0.177. The van der Waals surface area contributed by atoms with Gasteiger partial charge in [0, 0.05) is 6.92 Å². The second kappa shape index (κ2) is 8.56. The third-order valence-corrected chi connectivity index (χ3v) is 11.9. The Morgan fingerprint density at radius 3 is 2.42 bits per heavy atom. The van der Waals surface area contributed by atoms with Crippen LogP contribution in [-0.4, -0.2) is 5.97 Å². The molecule has 0 N–H and O–H groups in total. The molecule has 0 spiro atoms. The van der Waals surface area contributed by atoms with Crippen molar-refractivity contribution in [1.29, 1.82) is 0 Å². The van der Waals surface area contributed by atoms with E-state index < -0.39 is 0 Å². The standard InChI is InChI=1S/C31H50O2/c1-21(2)10-9-11-22(3)26-14-19-31(8)29(26,6)18-15-27-28(5)16-13-25(33-23(4)32)20-24(28)12-17-30(27,31)7/h13,20-22,26-27H,9-12,14-19H2,1-8H3/t22-,26-,27-,28+,29-,30?,31?/m1/s1. The first-order valence-corrected chi connectivity index (χ1v) is 14.0. The number of allylic oxidation sites excluding steroid dienone is 3. The Labute approximate surface area is 204 Å². The minimum Gasteiger partial charge on any atom is -0.427 e. The first-order chi connectivity index (χ1) is 15.4. The average Bonchev–Trinajstić information content (AvgIpc) is 3.00. The van der Waals surface area contributed by atoms with Gasteiger partial charge in [-0.05, 0) is 102 Å². The van der Waals surface area contributed by atoms with Crippen molar-refractivity contribution < 1.29 is 9.53 Å². The zero-order valence-electron chi connectivity index (χ0n) is 22.9. The highest BCUT2D eigenvalue weighted by Gasteiger charge is 2.69. The fourth-order valence-electron chi connectivity index (χ4n) is 9.63. The van der Waals surface area contributed by atoms with E-state index in [1.54, 1.807) is 0 Å². The molecule has 0 aromatic heterocycles. The molecule has 4 rings (SSSR count). The summed E-state index contributed by atoms with van der Waals surface area (Å²) in [7, 11) is 0. The lowest BCUT2D eigenvalue weighted by Crippen LogP contribution is -2.61. The summed E-state index contributed by atoms with van der Waals surface area (Å²) >= 11 is 0. The average molecular weight is 455 g/mol. The van der Waals surface area contributed by atoms with Crippen LogP contribution in [-0.2, 0) is 9.53 Å². The number of carbonyl (C=O) groups is 1. The first-order valence-electron chi connectivity index (χ1n) is 14.0. The maximum Gasteiger partial charge on any atom is 0.308 e. The molecule has 0 saturated heterocycles. The predicted octanol–water partition coefficient (Wildman–Crippen LogP) is 8.86. The molecule has 33 heavy (non-hydrogen) atoms. The Bertz CT molecular complexity index is 836. The molecule has 3 saturated carbocycles. The van der Waals surface area contributed by atoms with Crippen molar-refractivity contribution in [2.24, 2.45) is 45.3 Å². The molecule has 3 fully saturated rings. The second-order valence-corrected chi connectivity index (χ2v) is 13.7. The van der Waals surface area contributed by atoms with Crippen LogP contribution >= 0.6 is 0 Å². The smallest absolute Gasteiger partial charge is 0.308 e. The quantitative estimate of drug-likeness (QED) is 0.375. The topological polar surface area (TPSA) is 26.3 Å². The monoisotopic (exact) mass is 454 g/mol. The molecule has 0 radical (unpaired) electrons. The van der Waals surface area contributed by atoms with Gasteiger partial charge in [-0.3, -0.25) is 4.79 Å². The van der Waals surface area contributed by atoms with Gasteiger partial charge in [0.1, 0.15) is 5.76 Å². The van der Waals surface area contributed by atoms with E-state index in [1.807, 2.05) is 0 Å². The minimum absolute atomic E-state index is 0.206. The Kier molecular flexibility index (Phi) is 6.50. The number of hydrogen-bond acceptors (Lipinski definition) is 2. The summed E-state index contributed by atoms with van der Waals surface area (Å²) in [6.45, 7) is 19.4. The molecule has 0 amide bonds. The van der Waals surface area contributed by atoms with Gasteiger partial charge in [0.05, 0.1) is 0 Å². The fourth-order valence-corrected chi connectivity index (χ4v) is 9.63. The van der Waals surface area contributed by atoms with Crippen LogP contribution in [0, 0.1) is 45.3 Å². The maximum atomic E-state index is 11.5. The predicted molar refractivity (Wildman–Crippen MR) is 138 cm³/mol. The summed E-state index contributed by atoms with van der Waals surface area (Å²) in [6.07, 6.45) is 17.6. The molecule has 4 aliphatic carbocycles. The highest BCUT2D eigenvalue weighted by atomic mass is 16.5. The number of ether oxygens (including phenoxy) is 1. The van der Waals surface area contributed by atoms with Crippen molar-refractivity contribution >= 4 is 5.97 Å². The van der Waals surface area contributed by atoms with Gasteiger partial charge in [0.15, 0.2) is 0 Å². The summed E-state index contributed by atoms with van der Waals surface area (Å²) in [4.78, 5) is 11.5. The number of fused-ring (bicyclic) bond motifs is 5. The van der Waals surface area contributed by atoms with E-state index in [0.717, 1.165) is 36.4 Å². The molecule has 186 valence electrons. The molecule has 2 heteroatoms. The van der Waals surface area contributed by atoms with Crippen molar-refractivity contribution in [2.75, 3.05) is 0 Å². The normalized spacial score (nSPS) is 43.2. The molecule has 0 aromatic carbocycles. The minimum atomic E-state index is -0.206. The van der Waals surface area contributed by atoms with Gasteiger partial charge in [-0.15, -0.1) is 0 Å². The van der Waals surface area contributed by atoms with E-state index in [2.05, 4.69) is 60.6 Å². The summed E-state index contributed by atoms with van der Waals surface area (Å²) < 4.78 is 5.48. The number of esters is 1. The summed E-state index contributed by atoms with van der Waals surface area (Å²) in [5.41, 5.74) is 3.00. The SMILES string of the molecule is CC(=O)OC1=CC[C@@]2(C)C(=C1)CCC1(C)[C@@H]2CC[C@]2(C)[C@@H]([C@H](C)CCCC(C)C)CCC12C. The lowest BCUT2D eigenvalue weighted by Gasteiger charge is -2.68. The van der Waals surface area contributed by atoms with Gasteiger partial charge in [0.2, 0.25) is 0 Å². The molecule has 0 aliphatic heterocycles. The van der Waals surface area contributed by atoms with Gasteiger partial charge < -0.3 is 4.74 Å². The zero-order chi connectivity index (χ0) is 24.2. The lowest BCUT2D eigenvalue weighted by atomic mass is 9.36. The summed E-state index contributed by atoms with van der Waals surface area (Å²) in [5, 5.41) is 0. The maximum absolute atomic E-state index is 11.5. The molecule has 4 aliphatic rings. The number of rotatable bonds is 6. The van der Waals surface area contributed by atoms with Crippen LogP contribution in [0.5, 0.6) is 0 Å². The molecule has 0 bridgehead atoms. The van der Waals surface area contributed by atoms with Crippen LogP contribution in [0.2, 0.25) is 0 Å². The summed E-state index contributed by atoms with van der Waals surface area (Å²) in [6, 6.07) is 0. The van der Waals surface area contributed by atoms with Crippen LogP contribution in [0.1, 0.15) is 120 Å². The van der Waals surface area contributed by atoms with E-state index in [1.165, 1.54) is 63.9 Å². The Balaban J connectivity index is 1.58. The Hall–Kier alpha value is -1.05. The molecule has 0 aromatic rings. The van der Waals surface area contributed by atoms with Crippen LogP contribution in [0.4, 0.5) is 0 Å². The first kappa shape index (κ1) is 25.1. The number of carbonyl (C=O) groups excluding carboxylic acids is 1. The molecular weight excluding hydrogens is 404 g/mol. The van der Waals surface area contributed by atoms with Crippen LogP contribution in [0.25, 0.3) is 0 Å². The fraction of sp³-hybridized carbons (Fsp3) is 0.839. The third kappa shape index (κ3) is 3.77. The van der Waals surface area contributed by atoms with Crippen molar-refractivity contribution in [3.8, 4) is 0 Å². The van der Waals surface area contributed by atoms with Gasteiger partial charge in [-0.2, -0.15) is 0 Å². The largest absolute Gasteiger partial charge is 0.427 e. The second-order valence-electron chi connectivity index (χ2n) is 13.7. The molecule has 2 unspecified atom stereocenters. The van der Waals surface area contributed by atoms with Crippen molar-refractivity contribution in [3.05, 3.63) is 23.5 Å². The number of hydrogen-bond donors (Lipinski definition) is 0. The molecule has 0 heterocycles. The molecule has 7 atom stereocenters. The molecular formula is C31H50O2. The highest BCUT2D eigenvalue weighted by Crippen LogP contribution is 2.77. The van der Waals surface area contributed by atoms with Crippen molar-refractivity contribution in [1.82, 2.24) is 0 Å². The highest BCUT2D eigenvalue weighted by molar-refractivity contribution is 5.68. The van der Waals surface area contributed by atoms with E-state index in [9.17, 15) is 4.79 Å². The summed E-state index contributed by atoms with van der Waals surface area (Å²) in [5.74, 6) is 3.83.